The summed E-state index contributed by atoms with van der Waals surface area (Å²) in [5, 5.41) is 4.51. The van der Waals surface area contributed by atoms with Gasteiger partial charge in [0.15, 0.2) is 0 Å². The van der Waals surface area contributed by atoms with Gasteiger partial charge in [-0.1, -0.05) is 39.4 Å². The number of benzene rings is 1. The predicted molar refractivity (Wildman–Crippen MR) is 97.0 cm³/mol. The van der Waals surface area contributed by atoms with Crippen molar-refractivity contribution in [2.24, 2.45) is 0 Å². The Morgan fingerprint density at radius 2 is 2.00 bits per heavy atom. The smallest absolute Gasteiger partial charge is 0.307 e. The molecule has 2 aromatic heterocycles. The fourth-order valence-corrected chi connectivity index (χ4v) is 3.22. The summed E-state index contributed by atoms with van der Waals surface area (Å²) in [6.45, 7) is 2.12. The molecule has 0 unspecified atom stereocenters. The molecule has 24 heavy (non-hydrogen) atoms. The van der Waals surface area contributed by atoms with Crippen molar-refractivity contribution < 1.29 is 9.21 Å². The van der Waals surface area contributed by atoms with Crippen LogP contribution in [0.5, 0.6) is 0 Å². The summed E-state index contributed by atoms with van der Waals surface area (Å²) >= 11 is 4.49. The van der Waals surface area contributed by atoms with Gasteiger partial charge in [-0.2, -0.15) is 0 Å². The molecule has 1 amide bonds. The quantitative estimate of drug-likeness (QED) is 0.704. The zero-order valence-electron chi connectivity index (χ0n) is 12.9. The van der Waals surface area contributed by atoms with Crippen LogP contribution in [0.3, 0.4) is 0 Å². The Balaban J connectivity index is 1.60. The van der Waals surface area contributed by atoms with Crippen LogP contribution in [0.2, 0.25) is 0 Å². The van der Waals surface area contributed by atoms with Gasteiger partial charge >= 0.3 is 4.87 Å². The highest BCUT2D eigenvalue weighted by molar-refractivity contribution is 9.10. The largest absolute Gasteiger partial charge is 0.459 e. The third-order valence-corrected chi connectivity index (χ3v) is 4.94. The van der Waals surface area contributed by atoms with Crippen LogP contribution < -0.4 is 10.2 Å². The normalized spacial score (nSPS) is 10.8. The highest BCUT2D eigenvalue weighted by Crippen LogP contribution is 2.23. The van der Waals surface area contributed by atoms with Gasteiger partial charge in [0.05, 0.1) is 6.54 Å². The van der Waals surface area contributed by atoms with E-state index in [0.29, 0.717) is 5.76 Å². The van der Waals surface area contributed by atoms with E-state index in [1.54, 1.807) is 5.38 Å². The number of nitrogens with one attached hydrogen (secondary N) is 1. The van der Waals surface area contributed by atoms with Crippen molar-refractivity contribution in [3.8, 4) is 11.3 Å². The third kappa shape index (κ3) is 3.85. The van der Waals surface area contributed by atoms with Gasteiger partial charge < -0.3 is 9.73 Å². The molecule has 3 rings (SSSR count). The first-order chi connectivity index (χ1) is 11.5. The molecule has 0 saturated carbocycles. The molecule has 3 aromatic rings. The van der Waals surface area contributed by atoms with Crippen LogP contribution in [0.15, 0.2) is 55.5 Å². The van der Waals surface area contributed by atoms with Gasteiger partial charge in [0, 0.05) is 21.1 Å². The molecule has 124 valence electrons. The number of aryl methyl sites for hydroxylation is 1. The molecule has 1 aromatic carbocycles. The average molecular weight is 407 g/mol. The van der Waals surface area contributed by atoms with E-state index >= 15 is 0 Å². The van der Waals surface area contributed by atoms with Crippen molar-refractivity contribution in [2.75, 3.05) is 0 Å². The summed E-state index contributed by atoms with van der Waals surface area (Å²) in [6.07, 6.45) is 0. The molecule has 2 heterocycles. The molecule has 0 atom stereocenters. The Bertz CT molecular complexity index is 909. The van der Waals surface area contributed by atoms with E-state index in [1.165, 1.54) is 4.57 Å². The fraction of sp³-hybridized carbons (Fsp3) is 0.176. The Kier molecular flexibility index (Phi) is 5.01. The van der Waals surface area contributed by atoms with Crippen LogP contribution in [0.4, 0.5) is 0 Å². The van der Waals surface area contributed by atoms with Crippen LogP contribution in [0.1, 0.15) is 11.5 Å². The number of nitrogens with zero attached hydrogens (tertiary/aromatic N) is 1. The lowest BCUT2D eigenvalue weighted by Gasteiger charge is -2.05. The number of hydrogen-bond donors (Lipinski definition) is 1. The van der Waals surface area contributed by atoms with E-state index in [2.05, 4.69) is 21.2 Å². The van der Waals surface area contributed by atoms with Gasteiger partial charge in [0.2, 0.25) is 5.91 Å². The van der Waals surface area contributed by atoms with Crippen LogP contribution in [0.25, 0.3) is 11.3 Å². The number of hydrogen-bond acceptors (Lipinski definition) is 4. The van der Waals surface area contributed by atoms with Crippen molar-refractivity contribution in [1.29, 1.82) is 0 Å². The maximum absolute atomic E-state index is 12.0. The topological polar surface area (TPSA) is 64.2 Å². The summed E-state index contributed by atoms with van der Waals surface area (Å²) < 4.78 is 8.20. The molecule has 0 bridgehead atoms. The van der Waals surface area contributed by atoms with E-state index in [4.69, 9.17) is 4.42 Å². The van der Waals surface area contributed by atoms with Gasteiger partial charge in [-0.25, -0.2) is 0 Å². The second-order valence-corrected chi connectivity index (χ2v) is 7.02. The zero-order valence-corrected chi connectivity index (χ0v) is 15.3. The average Bonchev–Trinajstić information content (AvgIpc) is 3.16. The Hall–Kier alpha value is -2.12. The van der Waals surface area contributed by atoms with E-state index < -0.39 is 0 Å². The van der Waals surface area contributed by atoms with Crippen molar-refractivity contribution in [1.82, 2.24) is 9.88 Å². The van der Waals surface area contributed by atoms with E-state index in [-0.39, 0.29) is 23.9 Å². The SMILES string of the molecule is Cc1csc(=O)n1CC(=O)NCc1ccc(-c2ccc(Br)cc2)o1. The first kappa shape index (κ1) is 16.7. The lowest BCUT2D eigenvalue weighted by Crippen LogP contribution is -2.30. The van der Waals surface area contributed by atoms with Crippen LogP contribution in [0, 0.1) is 6.92 Å². The molecule has 0 aliphatic rings. The lowest BCUT2D eigenvalue weighted by molar-refractivity contribution is -0.122. The Labute approximate surface area is 151 Å². The molecule has 1 N–H and O–H groups in total. The molecular weight excluding hydrogens is 392 g/mol. The molecule has 0 aliphatic heterocycles. The minimum atomic E-state index is -0.222. The molecule has 7 heteroatoms. The van der Waals surface area contributed by atoms with Gasteiger partial charge in [0.1, 0.15) is 18.1 Å². The van der Waals surface area contributed by atoms with Crippen molar-refractivity contribution in [2.45, 2.75) is 20.0 Å². The first-order valence-electron chi connectivity index (χ1n) is 7.29. The van der Waals surface area contributed by atoms with Gasteiger partial charge in [-0.05, 0) is 31.2 Å². The Morgan fingerprint density at radius 1 is 1.25 bits per heavy atom. The summed E-state index contributed by atoms with van der Waals surface area (Å²) in [5.41, 5.74) is 1.76. The monoisotopic (exact) mass is 406 g/mol. The van der Waals surface area contributed by atoms with Crippen LogP contribution in [-0.4, -0.2) is 10.5 Å². The second-order valence-electron chi connectivity index (χ2n) is 5.28. The molecular formula is C17H15BrN2O3S. The molecule has 0 radical (unpaired) electrons. The number of amides is 1. The number of aromatic nitrogens is 1. The predicted octanol–water partition coefficient (Wildman–Crippen LogP) is 3.56. The number of furan rings is 1. The number of carbonyl (C=O) groups excluding carboxylic acids is 1. The number of thiazole rings is 1. The third-order valence-electron chi connectivity index (χ3n) is 3.53. The summed E-state index contributed by atoms with van der Waals surface area (Å²) in [5.74, 6) is 1.19. The lowest BCUT2D eigenvalue weighted by atomic mass is 10.2. The van der Waals surface area contributed by atoms with Crippen molar-refractivity contribution in [3.05, 3.63) is 67.4 Å². The maximum Gasteiger partial charge on any atom is 0.307 e. The minimum Gasteiger partial charge on any atom is -0.459 e. The summed E-state index contributed by atoms with van der Waals surface area (Å²) in [6, 6.07) is 11.5. The zero-order chi connectivity index (χ0) is 17.1. The standard InChI is InChI=1S/C17H15BrN2O3S/c1-11-10-24-17(22)20(11)9-16(21)19-8-14-6-7-15(23-14)12-2-4-13(18)5-3-12/h2-7,10H,8-9H2,1H3,(H,19,21). The van der Waals surface area contributed by atoms with Crippen molar-refractivity contribution in [3.63, 3.8) is 0 Å². The molecule has 0 fully saturated rings. The highest BCUT2D eigenvalue weighted by Gasteiger charge is 2.10. The van der Waals surface area contributed by atoms with Gasteiger partial charge in [-0.15, -0.1) is 0 Å². The van der Waals surface area contributed by atoms with Crippen molar-refractivity contribution >= 4 is 33.2 Å². The number of rotatable bonds is 5. The second kappa shape index (κ2) is 7.19. The fourth-order valence-electron chi connectivity index (χ4n) is 2.22. The summed E-state index contributed by atoms with van der Waals surface area (Å²) in [4.78, 5) is 23.5. The maximum atomic E-state index is 12.0. The first-order valence-corrected chi connectivity index (χ1v) is 8.96. The molecule has 0 saturated heterocycles. The summed E-state index contributed by atoms with van der Waals surface area (Å²) in [7, 11) is 0. The number of halogens is 1. The van der Waals surface area contributed by atoms with Crippen LogP contribution in [-0.2, 0) is 17.9 Å². The van der Waals surface area contributed by atoms with E-state index in [9.17, 15) is 9.59 Å². The molecule has 0 spiro atoms. The Morgan fingerprint density at radius 3 is 2.67 bits per heavy atom. The van der Waals surface area contributed by atoms with Gasteiger partial charge in [0.25, 0.3) is 0 Å². The van der Waals surface area contributed by atoms with E-state index in [0.717, 1.165) is 32.8 Å². The van der Waals surface area contributed by atoms with Crippen LogP contribution >= 0.6 is 27.3 Å². The van der Waals surface area contributed by atoms with Gasteiger partial charge in [-0.3, -0.25) is 14.2 Å². The molecule has 5 nitrogen and oxygen atoms in total. The molecule has 0 aliphatic carbocycles. The highest BCUT2D eigenvalue weighted by atomic mass is 79.9. The number of carbonyl (C=O) groups is 1. The van der Waals surface area contributed by atoms with E-state index in [1.807, 2.05) is 43.3 Å². The minimum absolute atomic E-state index is 0.0223.